The highest BCUT2D eigenvalue weighted by Gasteiger charge is 2.48. The molecule has 9 aliphatic rings. The summed E-state index contributed by atoms with van der Waals surface area (Å²) in [4.78, 5) is 135. The van der Waals surface area contributed by atoms with E-state index < -0.39 is 54.4 Å². The van der Waals surface area contributed by atoms with Crippen molar-refractivity contribution in [2.75, 3.05) is 54.7 Å². The molecule has 4 N–H and O–H groups in total. The molecule has 6 amide bonds. The van der Waals surface area contributed by atoms with Crippen molar-refractivity contribution in [3.8, 4) is 56.3 Å². The average molecular weight is 1670 g/mol. The number of benzene rings is 6. The van der Waals surface area contributed by atoms with E-state index in [-0.39, 0.29) is 91.5 Å². The number of hydrogen-bond acceptors (Lipinski definition) is 20. The number of nitrogens with zero attached hydrogens (tertiary/aromatic N) is 7. The van der Waals surface area contributed by atoms with Gasteiger partial charge in [0.25, 0.3) is 0 Å². The van der Waals surface area contributed by atoms with Crippen LogP contribution < -0.4 is 20.1 Å². The van der Waals surface area contributed by atoms with E-state index in [0.717, 1.165) is 128 Å². The Balaban J connectivity index is 0.000000182. The summed E-state index contributed by atoms with van der Waals surface area (Å²) in [5.41, 5.74) is 18.7. The van der Waals surface area contributed by atoms with E-state index in [0.29, 0.717) is 88.6 Å². The van der Waals surface area contributed by atoms with Gasteiger partial charge in [0.05, 0.1) is 69.3 Å². The fraction of sp³-hybridized carbons (Fsp3) is 0.442. The number of Topliss-reactive ketones (excluding diaryl/α,β-unsaturated/α-hetero) is 1. The molecule has 11 atom stereocenters. The number of nitrogens with one attached hydrogen (secondary N) is 4. The van der Waals surface area contributed by atoms with Crippen LogP contribution in [0.25, 0.3) is 50.3 Å². The molecule has 0 saturated carbocycles. The van der Waals surface area contributed by atoms with E-state index in [1.54, 1.807) is 50.1 Å². The predicted octanol–water partition coefficient (Wildman–Crippen LogP) is 15.0. The minimum absolute atomic E-state index is 0.0368. The molecule has 9 heterocycles. The smallest absolute Gasteiger partial charge is 0.410 e. The summed E-state index contributed by atoms with van der Waals surface area (Å²) < 4.78 is 50.6. The zero-order valence-electron chi connectivity index (χ0n) is 71.2. The third-order valence-electron chi connectivity index (χ3n) is 25.6. The van der Waals surface area contributed by atoms with Gasteiger partial charge >= 0.3 is 30.3 Å². The number of imidazole rings is 2. The lowest BCUT2D eigenvalue weighted by Crippen LogP contribution is -2.56. The van der Waals surface area contributed by atoms with Crippen LogP contribution in [0.4, 0.5) is 19.2 Å². The summed E-state index contributed by atoms with van der Waals surface area (Å²) in [5.74, 6) is 1.34. The fourth-order valence-corrected chi connectivity index (χ4v) is 19.2. The maximum atomic E-state index is 14.0. The molecule has 2 aliphatic carbocycles. The van der Waals surface area contributed by atoms with Crippen LogP contribution in [0.15, 0.2) is 144 Å². The number of allylic oxidation sites excluding steroid dienone is 2. The maximum Gasteiger partial charge on any atom is 0.410 e. The Morgan fingerprint density at radius 2 is 1.02 bits per heavy atom. The number of esters is 1. The van der Waals surface area contributed by atoms with Crippen molar-refractivity contribution in [2.45, 2.75) is 193 Å². The number of fused-ring (bicyclic) bond motifs is 9. The number of amides is 6. The lowest BCUT2D eigenvalue weighted by molar-refractivity contribution is -0.158. The fourth-order valence-electron chi connectivity index (χ4n) is 19.2. The Labute approximate surface area is 715 Å². The standard InChI is InChI=1S/C48H54N6O7.C47H53N5O10/c1-27(2)44(52-47(56)59-5)46(55)54-28(3)11-16-41(54)39-20-36-35-21-43-37(19-31(35)13-15-38(36)50-39)34-14-12-32(18-33(34)26-60-43)40-22-49-45(51-40)42-17-30(24-58-4)23-53(42)48(57)61-25-29-9-7-6-8-10-29;1-26(2)41(50-46(56)59-5)44(54)52-27(3)11-15-37(52)45(55)62-39-16-13-30-19-35-33-14-12-31(18-32(33)25-60-40(35)20-34(30)42(39)53)36-21-48-43(49-36)38-17-29(23-58-4)22-51(38)47(57)61-24-28-9-7-6-8-10-28/h6-10,12,14,18-19,21-22,27-28,30,41-42,44H,11,13,15-17,20,23-26H2,1-5H3,(H,49,51)(H,52,56);6-10,12,14,18-21,26-27,29,37-39,41H,11,13,15-17,22-25H2,1-5H3,(H,48,49)(H,50,56)/t28-,30-,41-,42-,44-;27-,29-,37-,38-,39?,41-/m00/s1. The van der Waals surface area contributed by atoms with Gasteiger partial charge in [-0.05, 0) is 193 Å². The van der Waals surface area contributed by atoms with Gasteiger partial charge in [-0.15, -0.1) is 0 Å². The first-order valence-corrected chi connectivity index (χ1v) is 42.8. The number of ether oxygens (including phenoxy) is 9. The van der Waals surface area contributed by atoms with Crippen LogP contribution in [-0.4, -0.2) is 190 Å². The van der Waals surface area contributed by atoms with Crippen LogP contribution >= 0.6 is 0 Å². The number of aliphatic imine (C=N–C) groups is 1. The number of carbonyl (C=O) groups is 8. The molecule has 8 aromatic rings. The lowest BCUT2D eigenvalue weighted by atomic mass is 9.83. The van der Waals surface area contributed by atoms with Gasteiger partial charge in [0, 0.05) is 85.7 Å². The van der Waals surface area contributed by atoms with E-state index in [1.165, 1.54) is 35.8 Å². The number of alkyl carbamates (subject to hydrolysis) is 2. The van der Waals surface area contributed by atoms with Crippen molar-refractivity contribution in [3.63, 3.8) is 0 Å². The van der Waals surface area contributed by atoms with Crippen LogP contribution in [0.3, 0.4) is 0 Å². The Morgan fingerprint density at radius 1 is 0.528 bits per heavy atom. The van der Waals surface area contributed by atoms with Gasteiger partial charge in [-0.2, -0.15) is 0 Å². The normalized spacial score (nSPS) is 21.9. The number of likely N-dealkylation sites (tertiary alicyclic amines) is 4. The molecule has 17 rings (SSSR count). The molecule has 123 heavy (non-hydrogen) atoms. The largest absolute Gasteiger partial charge is 0.488 e. The van der Waals surface area contributed by atoms with Gasteiger partial charge in [-0.3, -0.25) is 29.2 Å². The van der Waals surface area contributed by atoms with Gasteiger partial charge < -0.3 is 73.0 Å². The summed E-state index contributed by atoms with van der Waals surface area (Å²) in [7, 11) is 5.89. The second-order valence-corrected chi connectivity index (χ2v) is 34.4. The number of aryl methyl sites for hydroxylation is 2. The highest BCUT2D eigenvalue weighted by Crippen LogP contribution is 2.49. The molecular weight excluding hydrogens is 1570 g/mol. The number of carbonyl (C=O) groups excluding carboxylic acids is 8. The highest BCUT2D eigenvalue weighted by atomic mass is 16.6. The Bertz CT molecular complexity index is 5410. The third kappa shape index (κ3) is 17.5. The number of aromatic amines is 2. The van der Waals surface area contributed by atoms with Crippen molar-refractivity contribution in [2.24, 2.45) is 28.7 Å². The summed E-state index contributed by atoms with van der Waals surface area (Å²) in [6.45, 7) is 14.6. The molecule has 2 aromatic heterocycles. The Hall–Kier alpha value is -12.2. The van der Waals surface area contributed by atoms with Gasteiger partial charge in [0.15, 0.2) is 6.10 Å². The monoisotopic (exact) mass is 1670 g/mol. The summed E-state index contributed by atoms with van der Waals surface area (Å²) >= 11 is 0. The lowest BCUT2D eigenvalue weighted by Gasteiger charge is -2.34. The van der Waals surface area contributed by atoms with Crippen LogP contribution in [0, 0.1) is 23.7 Å². The first-order valence-electron chi connectivity index (χ1n) is 42.8. The van der Waals surface area contributed by atoms with Gasteiger partial charge in [-0.25, -0.2) is 33.9 Å². The summed E-state index contributed by atoms with van der Waals surface area (Å²) in [6, 6.07) is 36.8. The Kier molecular flexibility index (Phi) is 25.0. The number of ketones is 1. The van der Waals surface area contributed by atoms with Crippen molar-refractivity contribution in [1.29, 1.82) is 0 Å². The first kappa shape index (κ1) is 84.4. The molecular formula is C95H107N11O17. The topological polar surface area (TPSA) is 326 Å². The molecule has 7 aliphatic heterocycles. The van der Waals surface area contributed by atoms with Crippen LogP contribution in [0.2, 0.25) is 0 Å². The summed E-state index contributed by atoms with van der Waals surface area (Å²) in [5, 5.41) is 5.37. The van der Waals surface area contributed by atoms with Gasteiger partial charge in [-0.1, -0.05) is 113 Å². The van der Waals surface area contributed by atoms with E-state index in [2.05, 4.69) is 63.9 Å². The van der Waals surface area contributed by atoms with Gasteiger partial charge in [0.2, 0.25) is 17.6 Å². The molecule has 4 fully saturated rings. The second kappa shape index (κ2) is 36.5. The van der Waals surface area contributed by atoms with Crippen molar-refractivity contribution < 1.29 is 81.0 Å². The molecule has 644 valence electrons. The van der Waals surface area contributed by atoms with Crippen molar-refractivity contribution >= 4 is 59.2 Å². The van der Waals surface area contributed by atoms with Gasteiger partial charge in [0.1, 0.15) is 67.7 Å². The molecule has 28 heteroatoms. The summed E-state index contributed by atoms with van der Waals surface area (Å²) in [6.07, 6.45) is 7.80. The number of methoxy groups -OCH3 is 4. The quantitative estimate of drug-likeness (QED) is 0.0383. The number of rotatable bonds is 21. The van der Waals surface area contributed by atoms with Crippen molar-refractivity contribution in [1.82, 2.24) is 50.2 Å². The third-order valence-corrected chi connectivity index (χ3v) is 25.6. The van der Waals surface area contributed by atoms with E-state index in [9.17, 15) is 38.4 Å². The predicted molar refractivity (Wildman–Crippen MR) is 457 cm³/mol. The zero-order chi connectivity index (χ0) is 86.0. The zero-order valence-corrected chi connectivity index (χ0v) is 71.2. The molecule has 28 nitrogen and oxygen atoms in total. The van der Waals surface area contributed by atoms with E-state index in [4.69, 9.17) is 57.6 Å². The molecule has 6 aromatic carbocycles. The van der Waals surface area contributed by atoms with E-state index in [1.807, 2.05) is 111 Å². The SMILES string of the molecule is COC[C@H]1C[C@@H](c2ncc(-c3ccc4c(c3)COc3cc5c(cc3-4)CCC(OC(=O)[C@@H]3CC[C@H](C)N3C(=O)[C@@H](NC(=O)OC)C(C)C)C5=O)[nH]2)N(C(=O)OCc2ccccc2)C1.COC[C@H]1C[C@@H](c2ncc(-c3ccc4c(c3)COc3cc5c(cc3-4)CCC3=C5CC([C@@H]4CC[C@H](C)N4C(=O)[C@@H](NC(=O)OC)C(C)C)=N3)[nH]2)N(C(=O)OCc2ccccc2)C1. The molecule has 0 bridgehead atoms. The number of H-pyrrole nitrogens is 2. The molecule has 0 spiro atoms. The minimum Gasteiger partial charge on any atom is -0.488 e. The maximum absolute atomic E-state index is 14.0. The second-order valence-electron chi connectivity index (χ2n) is 34.4. The van der Waals surface area contributed by atoms with Crippen LogP contribution in [0.1, 0.15) is 172 Å². The molecule has 4 saturated heterocycles. The average Bonchev–Trinajstić information content (AvgIpc) is 1.72. The van der Waals surface area contributed by atoms with Crippen molar-refractivity contribution in [3.05, 3.63) is 196 Å². The van der Waals surface area contributed by atoms with E-state index >= 15 is 0 Å². The minimum atomic E-state index is -1.00. The first-order chi connectivity index (χ1) is 59.5. The molecule has 0 radical (unpaired) electrons. The molecule has 1 unspecified atom stereocenters. The Morgan fingerprint density at radius 3 is 1.54 bits per heavy atom. The van der Waals surface area contributed by atoms with Crippen LogP contribution in [0.5, 0.6) is 11.5 Å². The van der Waals surface area contributed by atoms with Crippen LogP contribution in [-0.2, 0) is 86.8 Å². The number of hydrogen-bond donors (Lipinski definition) is 4. The highest BCUT2D eigenvalue weighted by molar-refractivity contribution is 6.07. The number of aromatic nitrogens is 4.